The van der Waals surface area contributed by atoms with Gasteiger partial charge in [0.05, 0.1) is 5.56 Å². The summed E-state index contributed by atoms with van der Waals surface area (Å²) in [5, 5.41) is 0. The highest BCUT2D eigenvalue weighted by atomic mass is 19.4. The molecule has 0 aromatic heterocycles. The zero-order chi connectivity index (χ0) is 14.8. The topological polar surface area (TPSA) is 52.3 Å². The first kappa shape index (κ1) is 13.9. The number of primary amides is 1. The lowest BCUT2D eigenvalue weighted by Crippen LogP contribution is -2.16. The molecule has 104 valence electrons. The van der Waals surface area contributed by atoms with Gasteiger partial charge in [-0.2, -0.15) is 13.2 Å². The largest absolute Gasteiger partial charge is 0.416 e. The van der Waals surface area contributed by atoms with Crippen LogP contribution in [0.5, 0.6) is 5.75 Å². The summed E-state index contributed by atoms with van der Waals surface area (Å²) in [7, 11) is 0. The maximum Gasteiger partial charge on any atom is 0.416 e. The van der Waals surface area contributed by atoms with Crippen molar-refractivity contribution in [3.63, 3.8) is 0 Å². The smallest absolute Gasteiger partial charge is 0.411 e. The first-order valence-electron chi connectivity index (χ1n) is 5.61. The molecule has 0 unspecified atom stereocenters. The molecular weight excluding hydrogens is 271 g/mol. The lowest BCUT2D eigenvalue weighted by atomic mass is 10.0. The summed E-state index contributed by atoms with van der Waals surface area (Å²) in [6.07, 6.45) is -5.27. The second kappa shape index (κ2) is 5.24. The molecule has 2 N–H and O–H groups in total. The second-order valence-corrected chi connectivity index (χ2v) is 4.02. The lowest BCUT2D eigenvalue weighted by molar-refractivity contribution is -0.137. The molecule has 0 radical (unpaired) electrons. The van der Waals surface area contributed by atoms with Crippen LogP contribution in [0.1, 0.15) is 5.56 Å². The van der Waals surface area contributed by atoms with Crippen LogP contribution in [0.2, 0.25) is 0 Å². The summed E-state index contributed by atoms with van der Waals surface area (Å²) in [5.41, 5.74) is 5.50. The van der Waals surface area contributed by atoms with Gasteiger partial charge in [0.15, 0.2) is 0 Å². The third-order valence-corrected chi connectivity index (χ3v) is 2.62. The Morgan fingerprint density at radius 1 is 0.900 bits per heavy atom. The molecule has 0 aliphatic heterocycles. The van der Waals surface area contributed by atoms with Crippen LogP contribution in [0, 0.1) is 0 Å². The summed E-state index contributed by atoms with van der Waals surface area (Å²) >= 11 is 0. The van der Waals surface area contributed by atoms with Gasteiger partial charge in [-0.05, 0) is 35.4 Å². The van der Waals surface area contributed by atoms with Crippen molar-refractivity contribution in [1.29, 1.82) is 0 Å². The molecule has 0 heterocycles. The van der Waals surface area contributed by atoms with E-state index in [-0.39, 0.29) is 5.75 Å². The van der Waals surface area contributed by atoms with Crippen LogP contribution in [0.4, 0.5) is 18.0 Å². The molecule has 0 spiro atoms. The fourth-order valence-corrected chi connectivity index (χ4v) is 1.68. The molecule has 2 aromatic carbocycles. The van der Waals surface area contributed by atoms with E-state index in [4.69, 9.17) is 5.73 Å². The summed E-state index contributed by atoms with van der Waals surface area (Å²) in [4.78, 5) is 10.5. The van der Waals surface area contributed by atoms with Gasteiger partial charge in [-0.25, -0.2) is 4.79 Å². The highest BCUT2D eigenvalue weighted by molar-refractivity contribution is 5.69. The highest BCUT2D eigenvalue weighted by Gasteiger charge is 2.29. The minimum Gasteiger partial charge on any atom is -0.411 e. The molecule has 0 saturated heterocycles. The van der Waals surface area contributed by atoms with Crippen LogP contribution in [-0.4, -0.2) is 6.09 Å². The van der Waals surface area contributed by atoms with E-state index in [2.05, 4.69) is 4.74 Å². The Kier molecular flexibility index (Phi) is 3.65. The number of alkyl halides is 3. The number of ether oxygens (including phenoxy) is 1. The summed E-state index contributed by atoms with van der Waals surface area (Å²) < 4.78 is 42.0. The number of halogens is 3. The van der Waals surface area contributed by atoms with E-state index in [0.717, 1.165) is 12.1 Å². The Bertz CT molecular complexity index is 604. The third kappa shape index (κ3) is 3.28. The Balaban J connectivity index is 2.21. The number of hydrogen-bond donors (Lipinski definition) is 1. The molecule has 0 saturated carbocycles. The third-order valence-electron chi connectivity index (χ3n) is 2.62. The Hall–Kier alpha value is -2.50. The molecule has 3 nitrogen and oxygen atoms in total. The number of rotatable bonds is 2. The number of hydrogen-bond acceptors (Lipinski definition) is 2. The minimum absolute atomic E-state index is 0.271. The summed E-state index contributed by atoms with van der Waals surface area (Å²) in [6.45, 7) is 0. The van der Waals surface area contributed by atoms with Crippen molar-refractivity contribution >= 4 is 6.09 Å². The van der Waals surface area contributed by atoms with Crippen LogP contribution in [0.15, 0.2) is 48.5 Å². The van der Waals surface area contributed by atoms with E-state index in [0.29, 0.717) is 11.1 Å². The fraction of sp³-hybridized carbons (Fsp3) is 0.0714. The molecule has 0 aliphatic carbocycles. The van der Waals surface area contributed by atoms with Gasteiger partial charge >= 0.3 is 12.3 Å². The predicted molar refractivity (Wildman–Crippen MR) is 67.1 cm³/mol. The number of nitrogens with two attached hydrogens (primary N) is 1. The van der Waals surface area contributed by atoms with E-state index in [1.165, 1.54) is 24.3 Å². The van der Waals surface area contributed by atoms with Crippen LogP contribution in [0.25, 0.3) is 11.1 Å². The quantitative estimate of drug-likeness (QED) is 0.909. The molecule has 0 fully saturated rings. The maximum absolute atomic E-state index is 12.4. The molecule has 2 aromatic rings. The maximum atomic E-state index is 12.4. The van der Waals surface area contributed by atoms with Crippen LogP contribution < -0.4 is 10.5 Å². The SMILES string of the molecule is NC(=O)Oc1ccc(-c2ccc(C(F)(F)F)cc2)cc1. The van der Waals surface area contributed by atoms with Gasteiger partial charge < -0.3 is 10.5 Å². The van der Waals surface area contributed by atoms with Gasteiger partial charge in [-0.1, -0.05) is 24.3 Å². The zero-order valence-corrected chi connectivity index (χ0v) is 10.1. The van der Waals surface area contributed by atoms with Crippen molar-refractivity contribution in [3.8, 4) is 16.9 Å². The Morgan fingerprint density at radius 3 is 1.75 bits per heavy atom. The van der Waals surface area contributed by atoms with Gasteiger partial charge in [-0.3, -0.25) is 0 Å². The Morgan fingerprint density at radius 2 is 1.35 bits per heavy atom. The molecule has 20 heavy (non-hydrogen) atoms. The van der Waals surface area contributed by atoms with Gasteiger partial charge in [0.2, 0.25) is 0 Å². The van der Waals surface area contributed by atoms with Gasteiger partial charge in [0.25, 0.3) is 0 Å². The first-order chi connectivity index (χ1) is 9.36. The number of amides is 1. The second-order valence-electron chi connectivity index (χ2n) is 4.02. The number of carbonyl (C=O) groups is 1. The molecule has 0 aliphatic rings. The highest BCUT2D eigenvalue weighted by Crippen LogP contribution is 2.31. The minimum atomic E-state index is -4.35. The van der Waals surface area contributed by atoms with Crippen molar-refractivity contribution in [2.24, 2.45) is 5.73 Å². The number of benzene rings is 2. The van der Waals surface area contributed by atoms with Gasteiger partial charge in [-0.15, -0.1) is 0 Å². The van der Waals surface area contributed by atoms with Crippen molar-refractivity contribution < 1.29 is 22.7 Å². The van der Waals surface area contributed by atoms with Crippen LogP contribution in [-0.2, 0) is 6.18 Å². The summed E-state index contributed by atoms with van der Waals surface area (Å²) in [6, 6.07) is 11.1. The molecule has 0 bridgehead atoms. The van der Waals surface area contributed by atoms with Crippen molar-refractivity contribution in [2.75, 3.05) is 0 Å². The van der Waals surface area contributed by atoms with E-state index in [1.54, 1.807) is 12.1 Å². The molecule has 2 rings (SSSR count). The van der Waals surface area contributed by atoms with E-state index >= 15 is 0 Å². The monoisotopic (exact) mass is 281 g/mol. The fourth-order valence-electron chi connectivity index (χ4n) is 1.68. The normalized spacial score (nSPS) is 11.2. The first-order valence-corrected chi connectivity index (χ1v) is 5.61. The van der Waals surface area contributed by atoms with Crippen molar-refractivity contribution in [1.82, 2.24) is 0 Å². The van der Waals surface area contributed by atoms with Gasteiger partial charge in [0, 0.05) is 0 Å². The molecule has 6 heteroatoms. The van der Waals surface area contributed by atoms with E-state index < -0.39 is 17.8 Å². The van der Waals surface area contributed by atoms with Crippen molar-refractivity contribution in [3.05, 3.63) is 54.1 Å². The number of carbonyl (C=O) groups excluding carboxylic acids is 1. The standard InChI is InChI=1S/C14H10F3NO2/c15-14(16,17)11-5-1-9(2-6-11)10-3-7-12(8-4-10)20-13(18)19/h1-8H,(H2,18,19). The van der Waals surface area contributed by atoms with E-state index in [1.807, 2.05) is 0 Å². The van der Waals surface area contributed by atoms with Crippen molar-refractivity contribution in [2.45, 2.75) is 6.18 Å². The van der Waals surface area contributed by atoms with Crippen LogP contribution >= 0.6 is 0 Å². The Labute approximate surface area is 112 Å². The molecule has 1 amide bonds. The predicted octanol–water partition coefficient (Wildman–Crippen LogP) is 3.83. The van der Waals surface area contributed by atoms with E-state index in [9.17, 15) is 18.0 Å². The van der Waals surface area contributed by atoms with Gasteiger partial charge in [0.1, 0.15) is 5.75 Å². The average molecular weight is 281 g/mol. The zero-order valence-electron chi connectivity index (χ0n) is 10.1. The molecule has 0 atom stereocenters. The summed E-state index contributed by atoms with van der Waals surface area (Å²) in [5.74, 6) is 0.271. The van der Waals surface area contributed by atoms with Crippen LogP contribution in [0.3, 0.4) is 0 Å². The molecular formula is C14H10F3NO2. The average Bonchev–Trinajstić information content (AvgIpc) is 2.38. The lowest BCUT2D eigenvalue weighted by Gasteiger charge is -2.08.